The second-order valence-corrected chi connectivity index (χ2v) is 7.81. The van der Waals surface area contributed by atoms with E-state index < -0.39 is 23.0 Å². The zero-order chi connectivity index (χ0) is 17.4. The summed E-state index contributed by atoms with van der Waals surface area (Å²) in [6.45, 7) is 4.97. The maximum atomic E-state index is 13.2. The first-order valence-corrected chi connectivity index (χ1v) is 9.19. The van der Waals surface area contributed by atoms with Crippen molar-refractivity contribution in [3.8, 4) is 0 Å². The van der Waals surface area contributed by atoms with Gasteiger partial charge in [-0.15, -0.1) is 0 Å². The van der Waals surface area contributed by atoms with Crippen molar-refractivity contribution < 1.29 is 14.1 Å². The van der Waals surface area contributed by atoms with Crippen molar-refractivity contribution in [2.75, 3.05) is 6.54 Å². The van der Waals surface area contributed by atoms with Gasteiger partial charge in [0.25, 0.3) is 0 Å². The van der Waals surface area contributed by atoms with E-state index in [0.29, 0.717) is 23.0 Å². The van der Waals surface area contributed by atoms with Crippen molar-refractivity contribution in [1.29, 1.82) is 0 Å². The van der Waals surface area contributed by atoms with Crippen molar-refractivity contribution in [3.05, 3.63) is 52.3 Å². The van der Waals surface area contributed by atoms with Crippen LogP contribution >= 0.6 is 11.6 Å². The van der Waals surface area contributed by atoms with Gasteiger partial charge in [-0.25, -0.2) is 8.51 Å². The fourth-order valence-corrected chi connectivity index (χ4v) is 4.83. The molecule has 1 N–H and O–H groups in total. The van der Waals surface area contributed by atoms with Crippen LogP contribution in [-0.4, -0.2) is 30.7 Å². The molecule has 0 radical (unpaired) electrons. The van der Waals surface area contributed by atoms with Crippen LogP contribution < -0.4 is 0 Å². The predicted molar refractivity (Wildman–Crippen MR) is 93.5 cm³/mol. The Morgan fingerprint density at radius 2 is 2.08 bits per heavy atom. The third-order valence-electron chi connectivity index (χ3n) is 4.34. The maximum Gasteiger partial charge on any atom is 0.305 e. The Morgan fingerprint density at radius 3 is 2.79 bits per heavy atom. The normalized spacial score (nSPS) is 19.0. The Labute approximate surface area is 148 Å². The van der Waals surface area contributed by atoms with Crippen molar-refractivity contribution in [3.63, 3.8) is 0 Å². The molecule has 0 bridgehead atoms. The molecule has 3 rings (SSSR count). The summed E-state index contributed by atoms with van der Waals surface area (Å²) in [5.41, 5.74) is 2.60. The van der Waals surface area contributed by atoms with Crippen LogP contribution in [-0.2, 0) is 22.3 Å². The number of aromatic nitrogens is 1. The Bertz CT molecular complexity index is 818. The minimum Gasteiger partial charge on any atom is -0.481 e. The van der Waals surface area contributed by atoms with Gasteiger partial charge in [0.2, 0.25) is 0 Å². The standard InChI is InChI=1S/C17H19ClN2O3S/c1-11-9-16(12(2)8-13(11)18)24(23)20-7-6-19-5-3-4-14(19)15(20)10-17(21)22/h3-5,8-9,15H,6-7,10H2,1-2H3,(H,21,22). The Morgan fingerprint density at radius 1 is 1.33 bits per heavy atom. The topological polar surface area (TPSA) is 62.5 Å². The van der Waals surface area contributed by atoms with Crippen molar-refractivity contribution in [1.82, 2.24) is 8.87 Å². The first kappa shape index (κ1) is 17.2. The van der Waals surface area contributed by atoms with Gasteiger partial charge in [-0.05, 0) is 49.2 Å². The molecule has 0 saturated carbocycles. The van der Waals surface area contributed by atoms with E-state index in [1.165, 1.54) is 0 Å². The third kappa shape index (κ3) is 3.14. The van der Waals surface area contributed by atoms with E-state index in [4.69, 9.17) is 11.6 Å². The quantitative estimate of drug-likeness (QED) is 0.902. The molecule has 2 aromatic rings. The van der Waals surface area contributed by atoms with Gasteiger partial charge in [-0.2, -0.15) is 0 Å². The number of carboxylic acid groups (broad SMARTS) is 1. The van der Waals surface area contributed by atoms with Gasteiger partial charge >= 0.3 is 5.97 Å². The summed E-state index contributed by atoms with van der Waals surface area (Å²) in [6, 6.07) is 7.02. The zero-order valence-electron chi connectivity index (χ0n) is 13.5. The number of benzene rings is 1. The molecule has 1 aliphatic heterocycles. The van der Waals surface area contributed by atoms with Crippen LogP contribution in [0.3, 0.4) is 0 Å². The first-order chi connectivity index (χ1) is 11.4. The van der Waals surface area contributed by atoms with E-state index in [1.54, 1.807) is 4.31 Å². The highest BCUT2D eigenvalue weighted by Crippen LogP contribution is 2.33. The molecule has 1 aliphatic rings. The number of hydrogen-bond acceptors (Lipinski definition) is 2. The number of nitrogens with zero attached hydrogens (tertiary/aromatic N) is 2. The first-order valence-electron chi connectivity index (χ1n) is 7.70. The third-order valence-corrected chi connectivity index (χ3v) is 6.43. The fourth-order valence-electron chi connectivity index (χ4n) is 3.08. The Hall–Kier alpha value is -1.63. The molecule has 2 unspecified atom stereocenters. The summed E-state index contributed by atoms with van der Waals surface area (Å²) < 4.78 is 17.0. The van der Waals surface area contributed by atoms with Gasteiger partial charge < -0.3 is 9.67 Å². The number of carboxylic acids is 1. The molecule has 0 saturated heterocycles. The lowest BCUT2D eigenvalue weighted by molar-refractivity contribution is -0.138. The molecule has 0 spiro atoms. The van der Waals surface area contributed by atoms with Crippen LogP contribution in [0.2, 0.25) is 5.02 Å². The average molecular weight is 367 g/mol. The highest BCUT2D eigenvalue weighted by Gasteiger charge is 2.33. The molecule has 2 atom stereocenters. The molecule has 7 heteroatoms. The summed E-state index contributed by atoms with van der Waals surface area (Å²) in [5.74, 6) is -0.902. The van der Waals surface area contributed by atoms with Gasteiger partial charge in [-0.1, -0.05) is 11.6 Å². The monoisotopic (exact) mass is 366 g/mol. The van der Waals surface area contributed by atoms with Gasteiger partial charge in [0.15, 0.2) is 0 Å². The summed E-state index contributed by atoms with van der Waals surface area (Å²) in [6.07, 6.45) is 1.85. The zero-order valence-corrected chi connectivity index (χ0v) is 15.1. The highest BCUT2D eigenvalue weighted by atomic mass is 35.5. The van der Waals surface area contributed by atoms with E-state index in [-0.39, 0.29) is 6.42 Å². The van der Waals surface area contributed by atoms with E-state index in [0.717, 1.165) is 16.8 Å². The summed E-state index contributed by atoms with van der Waals surface area (Å²) in [7, 11) is -1.44. The minimum absolute atomic E-state index is 0.0820. The number of fused-ring (bicyclic) bond motifs is 1. The lowest BCUT2D eigenvalue weighted by Crippen LogP contribution is -2.40. The molecule has 128 valence electrons. The highest BCUT2D eigenvalue weighted by molar-refractivity contribution is 7.82. The van der Waals surface area contributed by atoms with Crippen LogP contribution in [0.5, 0.6) is 0 Å². The largest absolute Gasteiger partial charge is 0.481 e. The van der Waals surface area contributed by atoms with E-state index >= 15 is 0 Å². The molecular formula is C17H19ClN2O3S. The fraction of sp³-hybridized carbons (Fsp3) is 0.353. The molecule has 2 heterocycles. The molecular weight excluding hydrogens is 348 g/mol. The molecule has 0 amide bonds. The smallest absolute Gasteiger partial charge is 0.305 e. The number of aliphatic carboxylic acids is 1. The second-order valence-electron chi connectivity index (χ2n) is 6.00. The van der Waals surface area contributed by atoms with Gasteiger partial charge in [-0.3, -0.25) is 4.79 Å². The second kappa shape index (κ2) is 6.70. The summed E-state index contributed by atoms with van der Waals surface area (Å²) in [4.78, 5) is 12.0. The van der Waals surface area contributed by atoms with Crippen molar-refractivity contribution in [2.45, 2.75) is 37.8 Å². The predicted octanol–water partition coefficient (Wildman–Crippen LogP) is 3.31. The van der Waals surface area contributed by atoms with Crippen LogP contribution in [0.15, 0.2) is 35.4 Å². The Kier molecular flexibility index (Phi) is 4.80. The van der Waals surface area contributed by atoms with E-state index in [1.807, 2.05) is 48.9 Å². The van der Waals surface area contributed by atoms with Crippen LogP contribution in [0.1, 0.15) is 29.3 Å². The van der Waals surface area contributed by atoms with E-state index in [9.17, 15) is 14.1 Å². The molecule has 1 aromatic heterocycles. The van der Waals surface area contributed by atoms with E-state index in [2.05, 4.69) is 0 Å². The molecule has 24 heavy (non-hydrogen) atoms. The van der Waals surface area contributed by atoms with Crippen molar-refractivity contribution >= 4 is 28.6 Å². The maximum absolute atomic E-state index is 13.2. The molecule has 0 fully saturated rings. The minimum atomic E-state index is -1.44. The SMILES string of the molecule is Cc1cc(S(=O)N2CCn3cccc3C2CC(=O)O)c(C)cc1Cl. The molecule has 0 aliphatic carbocycles. The lowest BCUT2D eigenvalue weighted by atomic mass is 10.1. The van der Waals surface area contributed by atoms with Crippen LogP contribution in [0.25, 0.3) is 0 Å². The van der Waals surface area contributed by atoms with Gasteiger partial charge in [0.1, 0.15) is 11.0 Å². The number of aryl methyl sites for hydroxylation is 2. The number of halogens is 1. The average Bonchev–Trinajstić information content (AvgIpc) is 2.99. The molecule has 1 aromatic carbocycles. The van der Waals surface area contributed by atoms with Gasteiger partial charge in [0.05, 0.1) is 17.4 Å². The number of rotatable bonds is 4. The van der Waals surface area contributed by atoms with Gasteiger partial charge in [0, 0.05) is 30.0 Å². The summed E-state index contributed by atoms with van der Waals surface area (Å²) in [5, 5.41) is 9.92. The van der Waals surface area contributed by atoms with Crippen LogP contribution in [0.4, 0.5) is 0 Å². The van der Waals surface area contributed by atoms with Crippen LogP contribution in [0, 0.1) is 13.8 Å². The lowest BCUT2D eigenvalue weighted by Gasteiger charge is -2.35. The number of carbonyl (C=O) groups is 1. The summed E-state index contributed by atoms with van der Waals surface area (Å²) >= 11 is 6.13. The molecule has 5 nitrogen and oxygen atoms in total. The number of hydrogen-bond donors (Lipinski definition) is 1. The van der Waals surface area contributed by atoms with Crippen molar-refractivity contribution in [2.24, 2.45) is 0 Å². The Balaban J connectivity index is 1.99.